The number of carbonyl (C=O) groups is 2. The Bertz CT molecular complexity index is 1020. The first-order chi connectivity index (χ1) is 13.3. The number of esters is 1. The molecule has 0 aliphatic carbocycles. The molecule has 150 valence electrons. The predicted octanol–water partition coefficient (Wildman–Crippen LogP) is 2.12. The van der Waals surface area contributed by atoms with Crippen molar-refractivity contribution in [2.24, 2.45) is 0 Å². The number of sulfonamides is 1. The Morgan fingerprint density at radius 2 is 1.93 bits per heavy atom. The van der Waals surface area contributed by atoms with E-state index in [-0.39, 0.29) is 27.7 Å². The molecule has 3 rings (SSSR count). The fourth-order valence-electron chi connectivity index (χ4n) is 3.00. The van der Waals surface area contributed by atoms with Crippen molar-refractivity contribution < 1.29 is 32.3 Å². The molecule has 0 spiro atoms. The van der Waals surface area contributed by atoms with Crippen LogP contribution in [-0.2, 0) is 14.8 Å². The number of phenols is 1. The molecular weight excluding hydrogens is 388 g/mol. The smallest absolute Gasteiger partial charge is 0.341 e. The van der Waals surface area contributed by atoms with Gasteiger partial charge in [0.15, 0.2) is 11.5 Å². The number of ether oxygens (including phenoxy) is 1. The maximum atomic E-state index is 12.7. The molecule has 1 aliphatic rings. The number of hydrogen-bond donors (Lipinski definition) is 2. The average Bonchev–Trinajstić information content (AvgIpc) is 3.33. The normalized spacial score (nSPS) is 14.8. The Kier molecular flexibility index (Phi) is 5.43. The first-order valence-electron chi connectivity index (χ1n) is 8.58. The summed E-state index contributed by atoms with van der Waals surface area (Å²) in [5.74, 6) is -2.11. The van der Waals surface area contributed by atoms with Crippen molar-refractivity contribution in [1.29, 1.82) is 0 Å². The lowest BCUT2D eigenvalue weighted by molar-refractivity contribution is 0.0597. The first-order valence-corrected chi connectivity index (χ1v) is 10.0. The lowest BCUT2D eigenvalue weighted by atomic mass is 10.1. The predicted molar refractivity (Wildman–Crippen MR) is 98.8 cm³/mol. The highest BCUT2D eigenvalue weighted by Gasteiger charge is 2.32. The fourth-order valence-corrected chi connectivity index (χ4v) is 4.68. The second-order valence-corrected chi connectivity index (χ2v) is 8.20. The molecule has 10 heteroatoms. The van der Waals surface area contributed by atoms with E-state index in [0.717, 1.165) is 12.8 Å². The third-order valence-electron chi connectivity index (χ3n) is 4.47. The number of nitrogens with one attached hydrogen (secondary N) is 1. The third-order valence-corrected chi connectivity index (χ3v) is 6.47. The maximum Gasteiger partial charge on any atom is 0.341 e. The van der Waals surface area contributed by atoms with Gasteiger partial charge in [-0.1, -0.05) is 6.07 Å². The molecule has 2 heterocycles. The monoisotopic (exact) mass is 408 g/mol. The number of phenolic OH excluding ortho intramolecular Hbond substituents is 1. The number of hydrogen-bond acceptors (Lipinski definition) is 7. The van der Waals surface area contributed by atoms with Crippen LogP contribution in [0.2, 0.25) is 0 Å². The van der Waals surface area contributed by atoms with Gasteiger partial charge in [-0.25, -0.2) is 13.2 Å². The van der Waals surface area contributed by atoms with Gasteiger partial charge in [0.2, 0.25) is 10.0 Å². The van der Waals surface area contributed by atoms with Gasteiger partial charge < -0.3 is 19.6 Å². The Labute approximate surface area is 161 Å². The number of furan rings is 1. The molecule has 0 atom stereocenters. The topological polar surface area (TPSA) is 126 Å². The molecule has 1 fully saturated rings. The molecule has 1 aliphatic heterocycles. The molecule has 0 saturated carbocycles. The van der Waals surface area contributed by atoms with E-state index in [9.17, 15) is 23.1 Å². The van der Waals surface area contributed by atoms with Gasteiger partial charge in [-0.05, 0) is 31.9 Å². The van der Waals surface area contributed by atoms with Crippen LogP contribution in [0.4, 0.5) is 5.69 Å². The molecule has 0 unspecified atom stereocenters. The number of para-hydroxylation sites is 1. The number of aromatic hydroxyl groups is 1. The largest absolute Gasteiger partial charge is 0.505 e. The second kappa shape index (κ2) is 7.64. The Morgan fingerprint density at radius 3 is 2.57 bits per heavy atom. The van der Waals surface area contributed by atoms with E-state index < -0.39 is 27.6 Å². The number of amides is 1. The summed E-state index contributed by atoms with van der Waals surface area (Å²) in [6.45, 7) is 2.33. The molecule has 1 amide bonds. The Hall–Kier alpha value is -2.85. The van der Waals surface area contributed by atoms with Crippen molar-refractivity contribution in [3.63, 3.8) is 0 Å². The molecule has 28 heavy (non-hydrogen) atoms. The van der Waals surface area contributed by atoms with Gasteiger partial charge in [0, 0.05) is 19.2 Å². The van der Waals surface area contributed by atoms with Crippen LogP contribution in [-0.4, -0.2) is 49.9 Å². The van der Waals surface area contributed by atoms with Crippen LogP contribution in [0.1, 0.15) is 39.5 Å². The highest BCUT2D eigenvalue weighted by Crippen LogP contribution is 2.30. The number of carbonyl (C=O) groups excluding carboxylic acids is 2. The minimum Gasteiger partial charge on any atom is -0.505 e. The van der Waals surface area contributed by atoms with Crippen LogP contribution in [0.25, 0.3) is 0 Å². The van der Waals surface area contributed by atoms with Gasteiger partial charge in [-0.3, -0.25) is 4.79 Å². The quantitative estimate of drug-likeness (QED) is 0.573. The van der Waals surface area contributed by atoms with Gasteiger partial charge in [-0.2, -0.15) is 4.31 Å². The third kappa shape index (κ3) is 3.60. The summed E-state index contributed by atoms with van der Waals surface area (Å²) in [5.41, 5.74) is -0.154. The number of methoxy groups -OCH3 is 1. The number of aryl methyl sites for hydroxylation is 1. The number of rotatable bonds is 5. The summed E-state index contributed by atoms with van der Waals surface area (Å²) in [6, 6.07) is 5.35. The molecule has 0 radical (unpaired) electrons. The highest BCUT2D eigenvalue weighted by molar-refractivity contribution is 7.89. The van der Waals surface area contributed by atoms with E-state index in [0.29, 0.717) is 13.1 Å². The summed E-state index contributed by atoms with van der Waals surface area (Å²) in [5, 5.41) is 12.6. The molecule has 0 bridgehead atoms. The SMILES string of the molecule is COC(=O)c1cccc(NC(=O)c2cc(S(=O)(=O)N3CCCC3)c(C)o2)c1O. The first kappa shape index (κ1) is 19.9. The standard InChI is InChI=1S/C18H20N2O7S/c1-11-15(28(24,25)20-8-3-4-9-20)10-14(27-11)17(22)19-13-7-5-6-12(16(13)21)18(23)26-2/h5-7,10,21H,3-4,8-9H2,1-2H3,(H,19,22). The zero-order valence-electron chi connectivity index (χ0n) is 15.4. The van der Waals surface area contributed by atoms with E-state index in [1.165, 1.54) is 42.6 Å². The van der Waals surface area contributed by atoms with Crippen LogP contribution in [0.3, 0.4) is 0 Å². The zero-order chi connectivity index (χ0) is 20.5. The van der Waals surface area contributed by atoms with E-state index in [1.54, 1.807) is 0 Å². The minimum absolute atomic E-state index is 0.0362. The van der Waals surface area contributed by atoms with Crippen LogP contribution >= 0.6 is 0 Å². The molecule has 2 aromatic rings. The van der Waals surface area contributed by atoms with E-state index in [1.807, 2.05) is 0 Å². The van der Waals surface area contributed by atoms with Crippen molar-refractivity contribution in [3.8, 4) is 5.75 Å². The lowest BCUT2D eigenvalue weighted by Gasteiger charge is -2.14. The molecule has 1 saturated heterocycles. The molecule has 1 aromatic heterocycles. The molecule has 2 N–H and O–H groups in total. The van der Waals surface area contributed by atoms with Gasteiger partial charge in [0.05, 0.1) is 12.8 Å². The summed E-state index contributed by atoms with van der Waals surface area (Å²) >= 11 is 0. The minimum atomic E-state index is -3.74. The summed E-state index contributed by atoms with van der Waals surface area (Å²) < 4.78 is 36.7. The number of benzene rings is 1. The van der Waals surface area contributed by atoms with Crippen molar-refractivity contribution in [2.45, 2.75) is 24.7 Å². The highest BCUT2D eigenvalue weighted by atomic mass is 32.2. The van der Waals surface area contributed by atoms with Crippen LogP contribution in [0.5, 0.6) is 5.75 Å². The van der Waals surface area contributed by atoms with Crippen molar-refractivity contribution in [2.75, 3.05) is 25.5 Å². The van der Waals surface area contributed by atoms with Gasteiger partial charge in [0.1, 0.15) is 16.2 Å². The van der Waals surface area contributed by atoms with Crippen molar-refractivity contribution in [1.82, 2.24) is 4.31 Å². The van der Waals surface area contributed by atoms with E-state index in [2.05, 4.69) is 10.1 Å². The second-order valence-electron chi connectivity index (χ2n) is 6.29. The maximum absolute atomic E-state index is 12.7. The lowest BCUT2D eigenvalue weighted by Crippen LogP contribution is -2.28. The Morgan fingerprint density at radius 1 is 1.25 bits per heavy atom. The summed E-state index contributed by atoms with van der Waals surface area (Å²) in [7, 11) is -2.57. The van der Waals surface area contributed by atoms with E-state index in [4.69, 9.17) is 4.42 Å². The van der Waals surface area contributed by atoms with Crippen molar-refractivity contribution in [3.05, 3.63) is 41.3 Å². The zero-order valence-corrected chi connectivity index (χ0v) is 16.2. The molecule has 9 nitrogen and oxygen atoms in total. The molecular formula is C18H20N2O7S. The van der Waals surface area contributed by atoms with Crippen LogP contribution in [0, 0.1) is 6.92 Å². The summed E-state index contributed by atoms with van der Waals surface area (Å²) in [6.07, 6.45) is 1.58. The van der Waals surface area contributed by atoms with Crippen LogP contribution < -0.4 is 5.32 Å². The van der Waals surface area contributed by atoms with Crippen LogP contribution in [0.15, 0.2) is 33.6 Å². The summed E-state index contributed by atoms with van der Waals surface area (Å²) in [4.78, 5) is 24.1. The fraction of sp³-hybridized carbons (Fsp3) is 0.333. The van der Waals surface area contributed by atoms with Gasteiger partial charge >= 0.3 is 5.97 Å². The van der Waals surface area contributed by atoms with Crippen molar-refractivity contribution >= 4 is 27.6 Å². The number of nitrogens with zero attached hydrogens (tertiary/aromatic N) is 1. The average molecular weight is 408 g/mol. The number of anilines is 1. The van der Waals surface area contributed by atoms with Gasteiger partial charge in [0.25, 0.3) is 5.91 Å². The Balaban J connectivity index is 1.86. The van der Waals surface area contributed by atoms with Gasteiger partial charge in [-0.15, -0.1) is 0 Å². The van der Waals surface area contributed by atoms with E-state index >= 15 is 0 Å². The molecule has 1 aromatic carbocycles.